The van der Waals surface area contributed by atoms with Crippen molar-refractivity contribution in [2.24, 2.45) is 5.92 Å². The molecule has 2 saturated carbocycles. The molecule has 0 radical (unpaired) electrons. The fourth-order valence-electron chi connectivity index (χ4n) is 4.85. The van der Waals surface area contributed by atoms with E-state index >= 15 is 0 Å². The lowest BCUT2D eigenvalue weighted by Gasteiger charge is -2.32. The van der Waals surface area contributed by atoms with Gasteiger partial charge >= 0.3 is 0 Å². The Morgan fingerprint density at radius 2 is 1.85 bits per heavy atom. The lowest BCUT2D eigenvalue weighted by atomic mass is 9.97. The second-order valence-corrected chi connectivity index (χ2v) is 11.0. The van der Waals surface area contributed by atoms with Gasteiger partial charge in [0, 0.05) is 23.9 Å². The maximum absolute atomic E-state index is 14.6. The Kier molecular flexibility index (Phi) is 7.38. The van der Waals surface area contributed by atoms with Gasteiger partial charge in [-0.1, -0.05) is 35.7 Å². The number of nitrogens with zero attached hydrogens (tertiary/aromatic N) is 1. The third kappa shape index (κ3) is 5.72. The van der Waals surface area contributed by atoms with Crippen molar-refractivity contribution in [3.05, 3.63) is 63.4 Å². The summed E-state index contributed by atoms with van der Waals surface area (Å²) in [6, 6.07) is 9.69. The molecule has 2 aliphatic carbocycles. The summed E-state index contributed by atoms with van der Waals surface area (Å²) in [6.07, 6.45) is 8.55. The van der Waals surface area contributed by atoms with Crippen molar-refractivity contribution in [3.8, 4) is 5.75 Å². The Bertz CT molecular complexity index is 1050. The molecule has 7 heteroatoms. The number of benzene rings is 2. The zero-order valence-electron chi connectivity index (χ0n) is 19.6. The van der Waals surface area contributed by atoms with Gasteiger partial charge in [0.25, 0.3) is 5.91 Å². The number of hydrogen-bond acceptors (Lipinski definition) is 4. The van der Waals surface area contributed by atoms with Crippen LogP contribution in [0.3, 0.4) is 0 Å². The van der Waals surface area contributed by atoms with Gasteiger partial charge in [0.05, 0.1) is 12.2 Å². The average molecular weight is 503 g/mol. The maximum Gasteiger partial charge on any atom is 0.264 e. The number of rotatable bonds is 9. The van der Waals surface area contributed by atoms with E-state index in [1.165, 1.54) is 42.0 Å². The zero-order valence-corrected chi connectivity index (χ0v) is 21.2. The minimum Gasteiger partial charge on any atom is -0.493 e. The zero-order chi connectivity index (χ0) is 23.7. The van der Waals surface area contributed by atoms with Crippen LogP contribution in [-0.4, -0.2) is 36.8 Å². The molecule has 1 aliphatic heterocycles. The fourth-order valence-corrected chi connectivity index (χ4v) is 5.40. The first-order chi connectivity index (χ1) is 16.5. The summed E-state index contributed by atoms with van der Waals surface area (Å²) in [5, 5.41) is 0.888. The first-order valence-electron chi connectivity index (χ1n) is 12.3. The van der Waals surface area contributed by atoms with E-state index in [1.54, 1.807) is 12.3 Å². The van der Waals surface area contributed by atoms with Crippen LogP contribution in [0, 0.1) is 11.7 Å². The molecule has 0 spiro atoms. The molecule has 0 atom stereocenters. The van der Waals surface area contributed by atoms with E-state index in [-0.39, 0.29) is 5.56 Å². The molecule has 1 N–H and O–H groups in total. The Hall–Kier alpha value is -1.76. The Morgan fingerprint density at radius 3 is 2.50 bits per heavy atom. The van der Waals surface area contributed by atoms with Crippen molar-refractivity contribution >= 4 is 29.5 Å². The van der Waals surface area contributed by atoms with Gasteiger partial charge in [0.1, 0.15) is 11.6 Å². The molecule has 1 saturated heterocycles. The first-order valence-corrected chi connectivity index (χ1v) is 13.9. The number of carbonyl (C=O) groups is 1. The van der Waals surface area contributed by atoms with Crippen LogP contribution in [0.4, 0.5) is 4.39 Å². The summed E-state index contributed by atoms with van der Waals surface area (Å²) < 4.78 is 23.4. The standard InChI is InChI=1S/C27H32ClFN2O2S/c1-34-30-27(32)23-13-22(19-4-5-19)26(14-25(23)29)33-16-17-8-10-31(11-9-17)15-21-7-6-20(12-24(21)28)18-2-3-18/h6-7,12-14,17-19H,2-5,8-11,15-16H2,1H3,(H,30,32). The number of hydrogen-bond donors (Lipinski definition) is 1. The van der Waals surface area contributed by atoms with Gasteiger partial charge in [-0.05, 0) is 98.2 Å². The summed E-state index contributed by atoms with van der Waals surface area (Å²) in [6.45, 7) is 3.48. The molecule has 34 heavy (non-hydrogen) atoms. The molecular formula is C27H32ClFN2O2S. The lowest BCUT2D eigenvalue weighted by Crippen LogP contribution is -2.35. The first kappa shape index (κ1) is 24.0. The topological polar surface area (TPSA) is 41.6 Å². The predicted molar refractivity (Wildman–Crippen MR) is 136 cm³/mol. The van der Waals surface area contributed by atoms with E-state index < -0.39 is 11.7 Å². The van der Waals surface area contributed by atoms with Gasteiger partial charge in [-0.3, -0.25) is 14.4 Å². The normalized spacial score (nSPS) is 19.3. The van der Waals surface area contributed by atoms with Crippen LogP contribution in [0.1, 0.15) is 77.4 Å². The van der Waals surface area contributed by atoms with Crippen molar-refractivity contribution in [1.29, 1.82) is 0 Å². The number of piperidine rings is 1. The summed E-state index contributed by atoms with van der Waals surface area (Å²) >= 11 is 7.74. The van der Waals surface area contributed by atoms with Gasteiger partial charge < -0.3 is 4.74 Å². The maximum atomic E-state index is 14.6. The van der Waals surface area contributed by atoms with Gasteiger partial charge in [-0.2, -0.15) is 0 Å². The number of carbonyl (C=O) groups excluding carboxylic acids is 1. The minimum atomic E-state index is -0.523. The van der Waals surface area contributed by atoms with Crippen molar-refractivity contribution in [2.45, 2.75) is 56.9 Å². The van der Waals surface area contributed by atoms with Gasteiger partial charge in [-0.15, -0.1) is 0 Å². The third-order valence-corrected chi connectivity index (χ3v) is 8.00. The van der Waals surface area contributed by atoms with E-state index in [0.717, 1.165) is 61.8 Å². The van der Waals surface area contributed by atoms with Crippen molar-refractivity contribution in [3.63, 3.8) is 0 Å². The molecule has 182 valence electrons. The molecule has 0 bridgehead atoms. The highest BCUT2D eigenvalue weighted by Crippen LogP contribution is 2.45. The predicted octanol–water partition coefficient (Wildman–Crippen LogP) is 6.53. The molecule has 3 fully saturated rings. The Morgan fingerprint density at radius 1 is 1.12 bits per heavy atom. The van der Waals surface area contributed by atoms with E-state index in [9.17, 15) is 9.18 Å². The summed E-state index contributed by atoms with van der Waals surface area (Å²) in [5.41, 5.74) is 3.65. The lowest BCUT2D eigenvalue weighted by molar-refractivity contribution is 0.0980. The largest absolute Gasteiger partial charge is 0.493 e. The highest BCUT2D eigenvalue weighted by atomic mass is 35.5. The molecule has 0 aromatic heterocycles. The number of likely N-dealkylation sites (tertiary alicyclic amines) is 1. The van der Waals surface area contributed by atoms with Crippen LogP contribution >= 0.6 is 23.5 Å². The highest BCUT2D eigenvalue weighted by Gasteiger charge is 2.30. The van der Waals surface area contributed by atoms with Crippen LogP contribution in [0.5, 0.6) is 5.75 Å². The summed E-state index contributed by atoms with van der Waals surface area (Å²) in [4.78, 5) is 14.6. The molecule has 5 rings (SSSR count). The van der Waals surface area contributed by atoms with Gasteiger partial charge in [-0.25, -0.2) is 4.39 Å². The SMILES string of the molecule is CSNC(=O)c1cc(C2CC2)c(OCC2CCN(Cc3ccc(C4CC4)cc3Cl)CC2)cc1F. The third-order valence-electron chi connectivity index (χ3n) is 7.26. The van der Waals surface area contributed by atoms with E-state index in [0.29, 0.717) is 24.2 Å². The molecule has 4 nitrogen and oxygen atoms in total. The number of ether oxygens (including phenoxy) is 1. The minimum absolute atomic E-state index is 0.0979. The quantitative estimate of drug-likeness (QED) is 0.396. The smallest absolute Gasteiger partial charge is 0.264 e. The highest BCUT2D eigenvalue weighted by molar-refractivity contribution is 7.97. The summed E-state index contributed by atoms with van der Waals surface area (Å²) in [5.74, 6) is 1.22. The fraction of sp³-hybridized carbons (Fsp3) is 0.519. The van der Waals surface area contributed by atoms with Crippen molar-refractivity contribution < 1.29 is 13.9 Å². The van der Waals surface area contributed by atoms with Crippen LogP contribution in [0.2, 0.25) is 5.02 Å². The number of halogens is 2. The van der Waals surface area contributed by atoms with Crippen LogP contribution in [0.25, 0.3) is 0 Å². The van der Waals surface area contributed by atoms with Gasteiger partial charge in [0.2, 0.25) is 0 Å². The van der Waals surface area contributed by atoms with Crippen LogP contribution < -0.4 is 9.46 Å². The average Bonchev–Trinajstić information content (AvgIpc) is 3.73. The molecule has 1 heterocycles. The van der Waals surface area contributed by atoms with Crippen LogP contribution in [-0.2, 0) is 6.54 Å². The second kappa shape index (κ2) is 10.5. The summed E-state index contributed by atoms with van der Waals surface area (Å²) in [7, 11) is 0. The molecule has 2 aromatic carbocycles. The van der Waals surface area contributed by atoms with E-state index in [2.05, 4.69) is 27.8 Å². The van der Waals surface area contributed by atoms with Crippen molar-refractivity contribution in [2.75, 3.05) is 26.0 Å². The molecule has 3 aliphatic rings. The molecule has 1 amide bonds. The Labute approximate surface area is 210 Å². The second-order valence-electron chi connectivity index (χ2n) is 9.94. The number of amides is 1. The number of nitrogens with one attached hydrogen (secondary N) is 1. The van der Waals surface area contributed by atoms with Crippen molar-refractivity contribution in [1.82, 2.24) is 9.62 Å². The Balaban J connectivity index is 1.15. The molecular weight excluding hydrogens is 471 g/mol. The molecule has 2 aromatic rings. The monoisotopic (exact) mass is 502 g/mol. The van der Waals surface area contributed by atoms with Crippen LogP contribution in [0.15, 0.2) is 30.3 Å². The van der Waals surface area contributed by atoms with E-state index in [1.807, 2.05) is 0 Å². The molecule has 0 unspecified atom stereocenters. The van der Waals surface area contributed by atoms with Gasteiger partial charge in [0.15, 0.2) is 0 Å². The van der Waals surface area contributed by atoms with E-state index in [4.69, 9.17) is 16.3 Å².